The van der Waals surface area contributed by atoms with E-state index < -0.39 is 0 Å². The highest BCUT2D eigenvalue weighted by Crippen LogP contribution is 2.37. The Morgan fingerprint density at radius 3 is 2.74 bits per heavy atom. The second kappa shape index (κ2) is 6.69. The van der Waals surface area contributed by atoms with Crippen molar-refractivity contribution in [3.63, 3.8) is 0 Å². The maximum Gasteiger partial charge on any atom is 0.227 e. The maximum atomic E-state index is 12.6. The van der Waals surface area contributed by atoms with E-state index in [9.17, 15) is 4.79 Å². The minimum absolute atomic E-state index is 0.165. The molecule has 3 heteroatoms. The van der Waals surface area contributed by atoms with Crippen molar-refractivity contribution >= 4 is 11.7 Å². The van der Waals surface area contributed by atoms with Gasteiger partial charge in [0.1, 0.15) is 5.84 Å². The molecule has 1 amide bonds. The average Bonchev–Trinajstić information content (AvgIpc) is 2.90. The molecule has 122 valence electrons. The third-order valence-electron chi connectivity index (χ3n) is 5.23. The Bertz CT molecular complexity index is 672. The lowest BCUT2D eigenvalue weighted by Gasteiger charge is -2.22. The normalized spacial score (nSPS) is 20.3. The molecule has 0 radical (unpaired) electrons. The zero-order valence-corrected chi connectivity index (χ0v) is 14.4. The minimum atomic E-state index is 0.165. The van der Waals surface area contributed by atoms with Crippen LogP contribution >= 0.6 is 0 Å². The molecule has 0 aromatic heterocycles. The number of benzene rings is 1. The van der Waals surface area contributed by atoms with Gasteiger partial charge >= 0.3 is 0 Å². The monoisotopic (exact) mass is 310 g/mol. The van der Waals surface area contributed by atoms with Gasteiger partial charge in [0.2, 0.25) is 5.91 Å². The van der Waals surface area contributed by atoms with Crippen molar-refractivity contribution in [2.75, 3.05) is 7.05 Å². The van der Waals surface area contributed by atoms with Crippen molar-refractivity contribution in [2.45, 2.75) is 52.4 Å². The van der Waals surface area contributed by atoms with E-state index in [0.29, 0.717) is 12.3 Å². The first-order chi connectivity index (χ1) is 11.1. The van der Waals surface area contributed by atoms with Crippen LogP contribution in [-0.2, 0) is 11.2 Å². The van der Waals surface area contributed by atoms with Crippen LogP contribution in [0.15, 0.2) is 40.5 Å². The predicted octanol–water partition coefficient (Wildman–Crippen LogP) is 4.26. The van der Waals surface area contributed by atoms with Gasteiger partial charge in [-0.15, -0.1) is 0 Å². The molecule has 1 atom stereocenters. The molecule has 0 spiro atoms. The fourth-order valence-corrected chi connectivity index (χ4v) is 3.69. The quantitative estimate of drug-likeness (QED) is 0.821. The molecule has 1 aromatic carbocycles. The summed E-state index contributed by atoms with van der Waals surface area (Å²) >= 11 is 0. The summed E-state index contributed by atoms with van der Waals surface area (Å²) in [6.07, 6.45) is 6.05. The molecule has 1 heterocycles. The number of carbonyl (C=O) groups excluding carboxylic acids is 1. The topological polar surface area (TPSA) is 32.7 Å². The van der Waals surface area contributed by atoms with Crippen molar-refractivity contribution in [3.05, 3.63) is 46.7 Å². The van der Waals surface area contributed by atoms with Crippen LogP contribution in [0, 0.1) is 12.8 Å². The van der Waals surface area contributed by atoms with E-state index in [1.807, 2.05) is 19.2 Å². The standard InChI is InChI=1S/C20H26N2O/c1-14-8-4-5-9-16(14)12-13-19(23)22(3)20-15(2)17-10-6-7-11-18(17)21-20/h4-5,8-9,15H,6-7,10-13H2,1-3H3/t15-/m1/s1. The van der Waals surface area contributed by atoms with Crippen LogP contribution in [0.2, 0.25) is 0 Å². The molecular weight excluding hydrogens is 284 g/mol. The van der Waals surface area contributed by atoms with Gasteiger partial charge in [0.15, 0.2) is 0 Å². The van der Waals surface area contributed by atoms with E-state index >= 15 is 0 Å². The van der Waals surface area contributed by atoms with Crippen LogP contribution in [0.25, 0.3) is 0 Å². The number of hydrogen-bond acceptors (Lipinski definition) is 2. The van der Waals surface area contributed by atoms with Crippen LogP contribution in [0.1, 0.15) is 50.2 Å². The molecule has 2 aliphatic rings. The van der Waals surface area contributed by atoms with Crippen molar-refractivity contribution < 1.29 is 4.79 Å². The molecule has 0 bridgehead atoms. The van der Waals surface area contributed by atoms with Crippen LogP contribution in [0.4, 0.5) is 0 Å². The van der Waals surface area contributed by atoms with Crippen molar-refractivity contribution in [2.24, 2.45) is 10.9 Å². The Labute approximate surface area is 139 Å². The first-order valence-corrected chi connectivity index (χ1v) is 8.69. The van der Waals surface area contributed by atoms with Crippen LogP contribution < -0.4 is 0 Å². The highest BCUT2D eigenvalue weighted by atomic mass is 16.2. The fraction of sp³-hybridized carbons (Fsp3) is 0.500. The number of nitrogens with zero attached hydrogens (tertiary/aromatic N) is 2. The first-order valence-electron chi connectivity index (χ1n) is 8.69. The Morgan fingerprint density at radius 1 is 1.26 bits per heavy atom. The summed E-state index contributed by atoms with van der Waals surface area (Å²) in [6.45, 7) is 4.29. The van der Waals surface area contributed by atoms with Crippen LogP contribution in [-0.4, -0.2) is 23.7 Å². The van der Waals surface area contributed by atoms with Gasteiger partial charge in [0, 0.05) is 25.1 Å². The number of hydrogen-bond donors (Lipinski definition) is 0. The lowest BCUT2D eigenvalue weighted by atomic mass is 9.89. The van der Waals surface area contributed by atoms with Crippen molar-refractivity contribution in [3.8, 4) is 0 Å². The van der Waals surface area contributed by atoms with Crippen LogP contribution in [0.3, 0.4) is 0 Å². The van der Waals surface area contributed by atoms with Gasteiger partial charge in [0.05, 0.1) is 0 Å². The molecule has 3 rings (SSSR count). The molecule has 0 saturated heterocycles. The summed E-state index contributed by atoms with van der Waals surface area (Å²) in [6, 6.07) is 8.29. The molecule has 1 aromatic rings. The number of amides is 1. The summed E-state index contributed by atoms with van der Waals surface area (Å²) in [5.74, 6) is 1.42. The molecule has 3 nitrogen and oxygen atoms in total. The lowest BCUT2D eigenvalue weighted by Crippen LogP contribution is -2.36. The van der Waals surface area contributed by atoms with E-state index in [4.69, 9.17) is 4.99 Å². The highest BCUT2D eigenvalue weighted by Gasteiger charge is 2.31. The second-order valence-corrected chi connectivity index (χ2v) is 6.75. The molecule has 1 aliphatic carbocycles. The molecular formula is C20H26N2O. The molecule has 23 heavy (non-hydrogen) atoms. The predicted molar refractivity (Wildman–Crippen MR) is 94.4 cm³/mol. The number of rotatable bonds is 3. The van der Waals surface area contributed by atoms with E-state index in [2.05, 4.69) is 26.0 Å². The van der Waals surface area contributed by atoms with E-state index in [0.717, 1.165) is 25.1 Å². The smallest absolute Gasteiger partial charge is 0.227 e. The number of aryl methyl sites for hydroxylation is 2. The number of aliphatic imine (C=N–C) groups is 1. The lowest BCUT2D eigenvalue weighted by molar-refractivity contribution is -0.126. The summed E-state index contributed by atoms with van der Waals surface area (Å²) in [4.78, 5) is 19.2. The zero-order valence-electron chi connectivity index (χ0n) is 14.4. The zero-order chi connectivity index (χ0) is 16.4. The molecule has 1 aliphatic heterocycles. The van der Waals surface area contributed by atoms with Gasteiger partial charge in [-0.2, -0.15) is 0 Å². The molecule has 0 unspecified atom stereocenters. The Kier molecular flexibility index (Phi) is 4.65. The Balaban J connectivity index is 1.63. The number of amidine groups is 1. The summed E-state index contributed by atoms with van der Waals surface area (Å²) < 4.78 is 0. The fourth-order valence-electron chi connectivity index (χ4n) is 3.69. The Morgan fingerprint density at radius 2 is 2.00 bits per heavy atom. The number of allylic oxidation sites excluding steroid dienone is 1. The Hall–Kier alpha value is -1.90. The van der Waals surface area contributed by atoms with E-state index in [-0.39, 0.29) is 5.91 Å². The summed E-state index contributed by atoms with van der Waals surface area (Å²) in [5.41, 5.74) is 5.22. The highest BCUT2D eigenvalue weighted by molar-refractivity contribution is 6.02. The van der Waals surface area contributed by atoms with Gasteiger partial charge in [-0.05, 0) is 55.7 Å². The third-order valence-corrected chi connectivity index (χ3v) is 5.23. The summed E-state index contributed by atoms with van der Waals surface area (Å²) in [5, 5.41) is 0. The largest absolute Gasteiger partial charge is 0.303 e. The van der Waals surface area contributed by atoms with Gasteiger partial charge in [-0.3, -0.25) is 4.79 Å². The van der Waals surface area contributed by atoms with Gasteiger partial charge < -0.3 is 4.90 Å². The summed E-state index contributed by atoms with van der Waals surface area (Å²) in [7, 11) is 1.88. The SMILES string of the molecule is Cc1ccccc1CCC(=O)N(C)C1=NC2=C(CCCC2)[C@H]1C. The molecule has 0 saturated carbocycles. The third kappa shape index (κ3) is 3.24. The van der Waals surface area contributed by atoms with Gasteiger partial charge in [-0.1, -0.05) is 31.2 Å². The number of carbonyl (C=O) groups is 1. The van der Waals surface area contributed by atoms with Gasteiger partial charge in [-0.25, -0.2) is 4.99 Å². The first kappa shape index (κ1) is 16.0. The second-order valence-electron chi connectivity index (χ2n) is 6.75. The molecule has 0 fully saturated rings. The van der Waals surface area contributed by atoms with Crippen molar-refractivity contribution in [1.82, 2.24) is 4.90 Å². The minimum Gasteiger partial charge on any atom is -0.303 e. The van der Waals surface area contributed by atoms with Crippen molar-refractivity contribution in [1.29, 1.82) is 0 Å². The van der Waals surface area contributed by atoms with E-state index in [1.54, 1.807) is 4.90 Å². The van der Waals surface area contributed by atoms with Crippen LogP contribution in [0.5, 0.6) is 0 Å². The maximum absolute atomic E-state index is 12.6. The van der Waals surface area contributed by atoms with Gasteiger partial charge in [0.25, 0.3) is 0 Å². The average molecular weight is 310 g/mol. The molecule has 0 N–H and O–H groups in total. The van der Waals surface area contributed by atoms with E-state index in [1.165, 1.54) is 35.2 Å².